The number of pyridine rings is 1. The normalized spacial score (nSPS) is 8.36. The van der Waals surface area contributed by atoms with E-state index >= 15 is 0 Å². The van der Waals surface area contributed by atoms with Crippen molar-refractivity contribution in [3.63, 3.8) is 0 Å². The van der Waals surface area contributed by atoms with Crippen molar-refractivity contribution in [2.75, 3.05) is 0 Å². The topological polar surface area (TPSA) is 50.2 Å². The van der Waals surface area contributed by atoms with E-state index in [1.165, 1.54) is 0 Å². The first-order chi connectivity index (χ1) is 4.79. The fourth-order valence-corrected chi connectivity index (χ4v) is 0.658. The summed E-state index contributed by atoms with van der Waals surface area (Å²) in [5.41, 5.74) is 0.593. The Morgan fingerprint density at radius 1 is 1.55 bits per heavy atom. The summed E-state index contributed by atoms with van der Waals surface area (Å²) in [6, 6.07) is 5.21. The van der Waals surface area contributed by atoms with Crippen LogP contribution in [0.5, 0.6) is 0 Å². The molecule has 1 radical (unpaired) electrons. The Morgan fingerprint density at radius 2 is 2.27 bits per heavy atom. The molecule has 11 heavy (non-hydrogen) atoms. The Morgan fingerprint density at radius 3 is 2.73 bits per heavy atom. The van der Waals surface area contributed by atoms with Gasteiger partial charge in [0.2, 0.25) is 0 Å². The maximum Gasteiger partial charge on any atom is 0.309 e. The quantitative estimate of drug-likeness (QED) is 0.608. The van der Waals surface area contributed by atoms with E-state index in [-0.39, 0.29) is 25.3 Å². The van der Waals surface area contributed by atoms with Crippen LogP contribution in [0, 0.1) is 0 Å². The van der Waals surface area contributed by atoms with Crippen molar-refractivity contribution in [1.29, 1.82) is 0 Å². The number of carboxylic acid groups (broad SMARTS) is 1. The molecule has 0 aliphatic heterocycles. The van der Waals surface area contributed by atoms with E-state index < -0.39 is 5.97 Å². The van der Waals surface area contributed by atoms with Gasteiger partial charge in [-0.25, -0.2) is 0 Å². The fourth-order valence-electron chi connectivity index (χ4n) is 0.658. The Balaban J connectivity index is 0.000001000. The van der Waals surface area contributed by atoms with E-state index in [0.29, 0.717) is 5.69 Å². The van der Waals surface area contributed by atoms with Crippen LogP contribution in [0.2, 0.25) is 0 Å². The van der Waals surface area contributed by atoms with Crippen molar-refractivity contribution in [2.24, 2.45) is 0 Å². The molecule has 0 aromatic carbocycles. The Bertz CT molecular complexity index is 225. The van der Waals surface area contributed by atoms with Gasteiger partial charge in [0.15, 0.2) is 0 Å². The van der Waals surface area contributed by atoms with E-state index in [1.54, 1.807) is 24.4 Å². The molecule has 0 unspecified atom stereocenters. The summed E-state index contributed by atoms with van der Waals surface area (Å²) >= 11 is 0. The number of aliphatic carboxylic acids is 1. The summed E-state index contributed by atoms with van der Waals surface area (Å²) in [6.45, 7) is 0. The summed E-state index contributed by atoms with van der Waals surface area (Å²) in [5, 5.41) is 8.33. The number of carboxylic acids is 1. The second-order valence-corrected chi connectivity index (χ2v) is 1.89. The first kappa shape index (κ1) is 10.2. The minimum Gasteiger partial charge on any atom is -0.481 e. The van der Waals surface area contributed by atoms with Gasteiger partial charge in [-0.1, -0.05) is 6.07 Å². The second-order valence-electron chi connectivity index (χ2n) is 1.89. The molecular formula is C7H7LiNO2. The molecule has 53 valence electrons. The molecule has 0 aliphatic rings. The number of nitrogens with zero attached hydrogens (tertiary/aromatic N) is 1. The summed E-state index contributed by atoms with van der Waals surface area (Å²) in [6.07, 6.45) is 1.58. The first-order valence-electron chi connectivity index (χ1n) is 2.91. The van der Waals surface area contributed by atoms with Gasteiger partial charge in [0, 0.05) is 25.1 Å². The molecule has 1 heterocycles. The van der Waals surface area contributed by atoms with Crippen molar-refractivity contribution in [3.05, 3.63) is 30.1 Å². The molecule has 1 N–H and O–H groups in total. The van der Waals surface area contributed by atoms with Crippen LogP contribution in [-0.4, -0.2) is 34.9 Å². The van der Waals surface area contributed by atoms with E-state index in [4.69, 9.17) is 5.11 Å². The standard InChI is InChI=1S/C7H7NO2.Li/c9-7(10)5-6-3-1-2-4-8-6;/h1-4H,5H2,(H,9,10);. The average Bonchev–Trinajstić information content (AvgIpc) is 1.88. The number of hydrogen-bond donors (Lipinski definition) is 1. The molecule has 0 amide bonds. The summed E-state index contributed by atoms with van der Waals surface area (Å²) in [7, 11) is 0. The van der Waals surface area contributed by atoms with E-state index in [0.717, 1.165) is 0 Å². The first-order valence-corrected chi connectivity index (χ1v) is 2.91. The van der Waals surface area contributed by atoms with Gasteiger partial charge in [0.25, 0.3) is 0 Å². The predicted molar refractivity (Wildman–Crippen MR) is 41.3 cm³/mol. The van der Waals surface area contributed by atoms with Crippen molar-refractivity contribution >= 4 is 24.8 Å². The molecule has 0 saturated carbocycles. The van der Waals surface area contributed by atoms with Crippen LogP contribution in [0.25, 0.3) is 0 Å². The van der Waals surface area contributed by atoms with Gasteiger partial charge < -0.3 is 5.11 Å². The maximum absolute atomic E-state index is 10.1. The molecule has 1 aromatic heterocycles. The van der Waals surface area contributed by atoms with Gasteiger partial charge in [0.1, 0.15) is 0 Å². The van der Waals surface area contributed by atoms with Gasteiger partial charge in [0.05, 0.1) is 12.1 Å². The zero-order valence-corrected chi connectivity index (χ0v) is 6.32. The average molecular weight is 144 g/mol. The van der Waals surface area contributed by atoms with Crippen molar-refractivity contribution in [1.82, 2.24) is 4.98 Å². The van der Waals surface area contributed by atoms with Gasteiger partial charge in [-0.2, -0.15) is 0 Å². The van der Waals surface area contributed by atoms with Crippen molar-refractivity contribution < 1.29 is 9.90 Å². The SMILES string of the molecule is O=C(O)Cc1ccccn1.[Li]. The largest absolute Gasteiger partial charge is 0.481 e. The summed E-state index contributed by atoms with van der Waals surface area (Å²) in [4.78, 5) is 14.0. The maximum atomic E-state index is 10.1. The second kappa shape index (κ2) is 4.95. The van der Waals surface area contributed by atoms with Crippen LogP contribution in [0.4, 0.5) is 0 Å². The molecule has 1 aromatic rings. The number of carbonyl (C=O) groups is 1. The van der Waals surface area contributed by atoms with Crippen LogP contribution in [-0.2, 0) is 11.2 Å². The molecule has 0 bridgehead atoms. The molecular weight excluding hydrogens is 137 g/mol. The van der Waals surface area contributed by atoms with Crippen LogP contribution in [0.1, 0.15) is 5.69 Å². The Hall–Kier alpha value is -0.783. The number of rotatable bonds is 2. The predicted octanol–water partition coefficient (Wildman–Crippen LogP) is 0.328. The van der Waals surface area contributed by atoms with Crippen LogP contribution >= 0.6 is 0 Å². The molecule has 1 rings (SSSR count). The van der Waals surface area contributed by atoms with Gasteiger partial charge in [-0.3, -0.25) is 9.78 Å². The molecule has 4 heteroatoms. The zero-order valence-electron chi connectivity index (χ0n) is 6.32. The van der Waals surface area contributed by atoms with Crippen LogP contribution < -0.4 is 0 Å². The van der Waals surface area contributed by atoms with E-state index in [9.17, 15) is 4.79 Å². The minimum atomic E-state index is -0.848. The zero-order chi connectivity index (χ0) is 7.40. The minimum absolute atomic E-state index is 0. The van der Waals surface area contributed by atoms with E-state index in [2.05, 4.69) is 4.98 Å². The molecule has 0 spiro atoms. The molecule has 0 saturated heterocycles. The van der Waals surface area contributed by atoms with Crippen LogP contribution in [0.3, 0.4) is 0 Å². The third-order valence-electron chi connectivity index (χ3n) is 1.06. The third-order valence-corrected chi connectivity index (χ3v) is 1.06. The summed E-state index contributed by atoms with van der Waals surface area (Å²) in [5.74, 6) is -0.848. The Labute approximate surface area is 76.6 Å². The molecule has 0 atom stereocenters. The number of aromatic nitrogens is 1. The fraction of sp³-hybridized carbons (Fsp3) is 0.143. The van der Waals surface area contributed by atoms with Crippen molar-refractivity contribution in [2.45, 2.75) is 6.42 Å². The molecule has 3 nitrogen and oxygen atoms in total. The van der Waals surface area contributed by atoms with Gasteiger partial charge in [-0.15, -0.1) is 0 Å². The summed E-state index contributed by atoms with van der Waals surface area (Å²) < 4.78 is 0. The third kappa shape index (κ3) is 3.82. The number of hydrogen-bond acceptors (Lipinski definition) is 2. The monoisotopic (exact) mass is 144 g/mol. The van der Waals surface area contributed by atoms with Crippen LogP contribution in [0.15, 0.2) is 24.4 Å². The molecule has 0 fully saturated rings. The molecule has 0 aliphatic carbocycles. The van der Waals surface area contributed by atoms with E-state index in [1.807, 2.05) is 0 Å². The van der Waals surface area contributed by atoms with Crippen molar-refractivity contribution in [3.8, 4) is 0 Å². The van der Waals surface area contributed by atoms with Gasteiger partial charge >= 0.3 is 5.97 Å². The Kier molecular flexibility index (Phi) is 4.59. The smallest absolute Gasteiger partial charge is 0.309 e. The van der Waals surface area contributed by atoms with Gasteiger partial charge in [-0.05, 0) is 12.1 Å².